The number of phosphoric acid groups is 2. The van der Waals surface area contributed by atoms with Crippen LogP contribution in [0.5, 0.6) is 0 Å². The number of esters is 4. The van der Waals surface area contributed by atoms with Crippen molar-refractivity contribution in [1.82, 2.24) is 0 Å². The Balaban J connectivity index is 5.25. The molecule has 0 amide bonds. The fourth-order valence-electron chi connectivity index (χ4n) is 14.1. The van der Waals surface area contributed by atoms with E-state index < -0.39 is 97.5 Å². The Hall–Kier alpha value is -1.94. The zero-order valence-electron chi connectivity index (χ0n) is 70.8. The van der Waals surface area contributed by atoms with Crippen LogP contribution in [0.2, 0.25) is 0 Å². The number of hydrogen-bond acceptors (Lipinski definition) is 15. The van der Waals surface area contributed by atoms with Crippen molar-refractivity contribution in [2.24, 2.45) is 0 Å². The van der Waals surface area contributed by atoms with Crippen LogP contribution in [0.3, 0.4) is 0 Å². The molecule has 0 heterocycles. The SMILES string of the molecule is CCCCCCCCCCCCCCCCCCCCCCC(=O)OC[C@H](COP(=O)(O)OC[C@@H](O)COP(=O)(O)OC[C@@H](COC(=O)CCCCCCCCCCCCCCC)OC(=O)CCCCCCCCCCCCCCCCC)OC(=O)CCCCCCCCCCCCCCCCCCCCCC. The molecule has 0 saturated heterocycles. The van der Waals surface area contributed by atoms with Gasteiger partial charge in [-0.1, -0.05) is 439 Å². The van der Waals surface area contributed by atoms with Crippen LogP contribution in [-0.2, 0) is 65.4 Å². The highest BCUT2D eigenvalue weighted by Crippen LogP contribution is 2.45. The maximum atomic E-state index is 13.2. The molecule has 0 fully saturated rings. The van der Waals surface area contributed by atoms with Crippen molar-refractivity contribution in [2.75, 3.05) is 39.6 Å². The van der Waals surface area contributed by atoms with Crippen LogP contribution in [0.4, 0.5) is 0 Å². The number of phosphoric ester groups is 2. The molecule has 0 aromatic heterocycles. The maximum absolute atomic E-state index is 13.2. The second-order valence-corrected chi connectivity index (χ2v) is 34.9. The van der Waals surface area contributed by atoms with E-state index in [0.29, 0.717) is 25.7 Å². The first-order valence-electron chi connectivity index (χ1n) is 46.3. The van der Waals surface area contributed by atoms with E-state index >= 15 is 0 Å². The van der Waals surface area contributed by atoms with E-state index in [-0.39, 0.29) is 25.7 Å². The third-order valence-corrected chi connectivity index (χ3v) is 23.0. The van der Waals surface area contributed by atoms with Gasteiger partial charge in [0.2, 0.25) is 0 Å². The van der Waals surface area contributed by atoms with E-state index in [1.807, 2.05) is 0 Å². The van der Waals surface area contributed by atoms with E-state index in [4.69, 9.17) is 37.0 Å². The van der Waals surface area contributed by atoms with Crippen molar-refractivity contribution >= 4 is 39.5 Å². The number of ether oxygens (including phenoxy) is 4. The molecule has 3 N–H and O–H groups in total. The number of hydrogen-bond donors (Lipinski definition) is 3. The molecule has 0 aromatic carbocycles. The molecular formula is C89H174O17P2. The molecule has 2 unspecified atom stereocenters. The molecule has 0 saturated carbocycles. The molecule has 0 aliphatic rings. The maximum Gasteiger partial charge on any atom is 0.472 e. The van der Waals surface area contributed by atoms with Crippen LogP contribution in [0.25, 0.3) is 0 Å². The van der Waals surface area contributed by atoms with Gasteiger partial charge in [0.1, 0.15) is 19.3 Å². The van der Waals surface area contributed by atoms with Gasteiger partial charge in [-0.3, -0.25) is 37.3 Å². The first kappa shape index (κ1) is 106. The van der Waals surface area contributed by atoms with Crippen molar-refractivity contribution in [1.29, 1.82) is 0 Å². The minimum atomic E-state index is -4.97. The van der Waals surface area contributed by atoms with Gasteiger partial charge in [0.15, 0.2) is 12.2 Å². The van der Waals surface area contributed by atoms with E-state index in [9.17, 15) is 43.2 Å². The van der Waals surface area contributed by atoms with Crippen molar-refractivity contribution in [2.45, 2.75) is 508 Å². The lowest BCUT2D eigenvalue weighted by Gasteiger charge is -2.21. The zero-order valence-corrected chi connectivity index (χ0v) is 72.6. The summed E-state index contributed by atoms with van der Waals surface area (Å²) in [6, 6.07) is 0. The summed E-state index contributed by atoms with van der Waals surface area (Å²) in [4.78, 5) is 73.4. The molecule has 0 rings (SSSR count). The Labute approximate surface area is 664 Å². The fourth-order valence-corrected chi connectivity index (χ4v) is 15.6. The molecular weight excluding hydrogens is 1400 g/mol. The molecule has 0 aliphatic carbocycles. The summed E-state index contributed by atoms with van der Waals surface area (Å²) in [5.74, 6) is -2.09. The van der Waals surface area contributed by atoms with Crippen LogP contribution < -0.4 is 0 Å². The van der Waals surface area contributed by atoms with Gasteiger partial charge in [0.05, 0.1) is 26.4 Å². The summed E-state index contributed by atoms with van der Waals surface area (Å²) < 4.78 is 69.0. The Bertz CT molecular complexity index is 2030. The second-order valence-electron chi connectivity index (χ2n) is 32.0. The Morgan fingerprint density at radius 3 is 0.546 bits per heavy atom. The monoisotopic (exact) mass is 1580 g/mol. The first-order chi connectivity index (χ1) is 52.7. The molecule has 0 aromatic rings. The minimum Gasteiger partial charge on any atom is -0.462 e. The van der Waals surface area contributed by atoms with Crippen LogP contribution in [0.15, 0.2) is 0 Å². The largest absolute Gasteiger partial charge is 0.472 e. The standard InChI is InChI=1S/C89H174O17P2/c1-5-9-13-17-21-25-29-33-36-38-40-42-44-47-50-54-58-62-66-70-74-87(92)100-80-85(106-89(94)76-72-68-64-60-56-52-48-45-43-41-39-37-34-30-26-22-18-14-10-6-2)82-104-108(97,98)102-78-83(90)77-101-107(95,96)103-81-84(79-99-86(91)73-69-65-61-57-53-49-32-28-24-20-16-12-8-4)105-88(93)75-71-67-63-59-55-51-46-35-31-27-23-19-15-11-7-3/h83-85,90H,5-82H2,1-4H3,(H,95,96)(H,97,98)/t83-,84+,85+/m0/s1. The van der Waals surface area contributed by atoms with Gasteiger partial charge in [0, 0.05) is 25.7 Å². The number of aliphatic hydroxyl groups is 1. The molecule has 0 aliphatic heterocycles. The topological polar surface area (TPSA) is 237 Å². The van der Waals surface area contributed by atoms with E-state index in [0.717, 1.165) is 89.9 Å². The smallest absolute Gasteiger partial charge is 0.462 e. The van der Waals surface area contributed by atoms with Gasteiger partial charge in [-0.2, -0.15) is 0 Å². The number of unbranched alkanes of at least 4 members (excludes halogenated alkanes) is 64. The number of carbonyl (C=O) groups excluding carboxylic acids is 4. The quantitative estimate of drug-likeness (QED) is 0.0222. The van der Waals surface area contributed by atoms with Crippen LogP contribution in [0, 0.1) is 0 Å². The van der Waals surface area contributed by atoms with E-state index in [1.54, 1.807) is 0 Å². The lowest BCUT2D eigenvalue weighted by Crippen LogP contribution is -2.30. The van der Waals surface area contributed by atoms with Gasteiger partial charge in [0.25, 0.3) is 0 Å². The molecule has 642 valence electrons. The Morgan fingerprint density at radius 2 is 0.370 bits per heavy atom. The molecule has 5 atom stereocenters. The number of rotatable bonds is 90. The summed E-state index contributed by atoms with van der Waals surface area (Å²) in [7, 11) is -9.93. The minimum absolute atomic E-state index is 0.109. The third kappa shape index (κ3) is 82.1. The average molecular weight is 1580 g/mol. The molecule has 0 radical (unpaired) electrons. The van der Waals surface area contributed by atoms with Gasteiger partial charge >= 0.3 is 39.5 Å². The van der Waals surface area contributed by atoms with Gasteiger partial charge in [-0.05, 0) is 25.7 Å². The van der Waals surface area contributed by atoms with Gasteiger partial charge in [-0.25, -0.2) is 9.13 Å². The van der Waals surface area contributed by atoms with E-state index in [1.165, 1.54) is 321 Å². The van der Waals surface area contributed by atoms with E-state index in [2.05, 4.69) is 27.7 Å². The summed E-state index contributed by atoms with van der Waals surface area (Å²) in [6.07, 6.45) is 79.1. The summed E-state index contributed by atoms with van der Waals surface area (Å²) in [5, 5.41) is 10.7. The lowest BCUT2D eigenvalue weighted by atomic mass is 10.0. The predicted molar refractivity (Wildman–Crippen MR) is 446 cm³/mol. The first-order valence-corrected chi connectivity index (χ1v) is 49.3. The Kier molecular flexibility index (Phi) is 81.5. The van der Waals surface area contributed by atoms with Gasteiger partial charge < -0.3 is 33.8 Å². The molecule has 0 bridgehead atoms. The van der Waals surface area contributed by atoms with Gasteiger partial charge in [-0.15, -0.1) is 0 Å². The lowest BCUT2D eigenvalue weighted by molar-refractivity contribution is -0.161. The molecule has 19 heteroatoms. The predicted octanol–water partition coefficient (Wildman–Crippen LogP) is 27.7. The fraction of sp³-hybridized carbons (Fsp3) is 0.955. The van der Waals surface area contributed by atoms with Crippen LogP contribution in [0.1, 0.15) is 490 Å². The van der Waals surface area contributed by atoms with Crippen molar-refractivity contribution in [3.63, 3.8) is 0 Å². The zero-order chi connectivity index (χ0) is 78.9. The highest BCUT2D eigenvalue weighted by Gasteiger charge is 2.30. The number of carbonyl (C=O) groups is 4. The Morgan fingerprint density at radius 1 is 0.222 bits per heavy atom. The van der Waals surface area contributed by atoms with Crippen LogP contribution >= 0.6 is 15.6 Å². The summed E-state index contributed by atoms with van der Waals surface area (Å²) >= 11 is 0. The molecule has 108 heavy (non-hydrogen) atoms. The average Bonchev–Trinajstić information content (AvgIpc) is 0.890. The highest BCUT2D eigenvalue weighted by molar-refractivity contribution is 7.47. The second kappa shape index (κ2) is 83.0. The number of aliphatic hydroxyl groups excluding tert-OH is 1. The van der Waals surface area contributed by atoms with Crippen molar-refractivity contribution < 1.29 is 80.2 Å². The van der Waals surface area contributed by atoms with Crippen LogP contribution in [-0.4, -0.2) is 96.7 Å². The molecule has 17 nitrogen and oxygen atoms in total. The third-order valence-electron chi connectivity index (χ3n) is 21.1. The summed E-state index contributed by atoms with van der Waals surface area (Å²) in [5.41, 5.74) is 0. The molecule has 0 spiro atoms. The van der Waals surface area contributed by atoms with Crippen molar-refractivity contribution in [3.8, 4) is 0 Å². The highest BCUT2D eigenvalue weighted by atomic mass is 31.2. The normalized spacial score (nSPS) is 13.7. The summed E-state index contributed by atoms with van der Waals surface area (Å²) in [6.45, 7) is 5.08. The van der Waals surface area contributed by atoms with Crippen molar-refractivity contribution in [3.05, 3.63) is 0 Å².